The van der Waals surface area contributed by atoms with Crippen molar-refractivity contribution >= 4 is 31.9 Å². The molecule has 17 heavy (non-hydrogen) atoms. The molecule has 0 heterocycles. The molecule has 0 fully saturated rings. The second-order valence-corrected chi connectivity index (χ2v) is 6.08. The van der Waals surface area contributed by atoms with Gasteiger partial charge in [-0.25, -0.2) is 17.5 Å². The van der Waals surface area contributed by atoms with Crippen molar-refractivity contribution in [3.63, 3.8) is 0 Å². The number of nitrogens with one attached hydrogen (secondary N) is 1. The van der Waals surface area contributed by atoms with Crippen molar-refractivity contribution in [2.75, 3.05) is 5.75 Å². The van der Waals surface area contributed by atoms with Crippen LogP contribution in [0.25, 0.3) is 0 Å². The third-order valence-electron chi connectivity index (χ3n) is 1.90. The molecule has 0 spiro atoms. The van der Waals surface area contributed by atoms with E-state index in [1.807, 2.05) is 4.72 Å². The number of benzene rings is 1. The van der Waals surface area contributed by atoms with Crippen molar-refractivity contribution < 1.29 is 17.6 Å². The number of amides is 1. The fraction of sp³-hybridized carbons (Fsp3) is 0.300. The van der Waals surface area contributed by atoms with E-state index in [1.54, 1.807) is 6.92 Å². The molecular weight excluding hydrogens is 313 g/mol. The molecule has 4 nitrogen and oxygen atoms in total. The first-order chi connectivity index (χ1) is 7.85. The first kappa shape index (κ1) is 14.1. The van der Waals surface area contributed by atoms with Crippen molar-refractivity contribution in [3.05, 3.63) is 34.1 Å². The average Bonchev–Trinajstić information content (AvgIpc) is 2.21. The highest BCUT2D eigenvalue weighted by molar-refractivity contribution is 9.10. The zero-order valence-electron chi connectivity index (χ0n) is 9.04. The number of carbonyl (C=O) groups excluding carboxylic acids is 1. The summed E-state index contributed by atoms with van der Waals surface area (Å²) in [5.41, 5.74) is 0.0814. The van der Waals surface area contributed by atoms with Gasteiger partial charge in [0.25, 0.3) is 5.91 Å². The molecule has 94 valence electrons. The number of carbonyl (C=O) groups is 1. The lowest BCUT2D eigenvalue weighted by Crippen LogP contribution is -2.32. The SMILES string of the molecule is CCCS(=O)(=O)NC(=O)c1ccc(F)c(Br)c1. The molecule has 1 aromatic carbocycles. The summed E-state index contributed by atoms with van der Waals surface area (Å²) in [6.07, 6.45) is 0.412. The molecular formula is C10H11BrFNO3S. The molecule has 0 bridgehead atoms. The van der Waals surface area contributed by atoms with Crippen LogP contribution in [0.2, 0.25) is 0 Å². The molecule has 0 radical (unpaired) electrons. The third-order valence-corrected chi connectivity index (χ3v) is 3.95. The van der Waals surface area contributed by atoms with Crippen LogP contribution in [-0.2, 0) is 10.0 Å². The van der Waals surface area contributed by atoms with Gasteiger partial charge in [-0.15, -0.1) is 0 Å². The maximum atomic E-state index is 12.9. The van der Waals surface area contributed by atoms with Crippen molar-refractivity contribution in [1.82, 2.24) is 4.72 Å². The first-order valence-corrected chi connectivity index (χ1v) is 7.30. The summed E-state index contributed by atoms with van der Waals surface area (Å²) in [6.45, 7) is 1.69. The molecule has 1 aromatic rings. The quantitative estimate of drug-likeness (QED) is 0.922. The summed E-state index contributed by atoms with van der Waals surface area (Å²) in [5, 5.41) is 0. The van der Waals surface area contributed by atoms with E-state index in [-0.39, 0.29) is 15.8 Å². The highest BCUT2D eigenvalue weighted by atomic mass is 79.9. The topological polar surface area (TPSA) is 63.2 Å². The number of halogens is 2. The molecule has 0 atom stereocenters. The minimum Gasteiger partial charge on any atom is -0.268 e. The smallest absolute Gasteiger partial charge is 0.264 e. The van der Waals surface area contributed by atoms with Gasteiger partial charge in [0, 0.05) is 5.56 Å². The van der Waals surface area contributed by atoms with E-state index in [4.69, 9.17) is 0 Å². The van der Waals surface area contributed by atoms with Gasteiger partial charge in [0.15, 0.2) is 0 Å². The van der Waals surface area contributed by atoms with Crippen LogP contribution in [0.15, 0.2) is 22.7 Å². The molecule has 0 saturated heterocycles. The van der Waals surface area contributed by atoms with E-state index < -0.39 is 21.7 Å². The lowest BCUT2D eigenvalue weighted by molar-refractivity contribution is 0.0981. The Balaban J connectivity index is 2.87. The number of rotatable bonds is 4. The molecule has 1 rings (SSSR count). The van der Waals surface area contributed by atoms with Gasteiger partial charge < -0.3 is 0 Å². The van der Waals surface area contributed by atoms with Gasteiger partial charge in [-0.05, 0) is 40.5 Å². The summed E-state index contributed by atoms with van der Waals surface area (Å²) in [4.78, 5) is 11.6. The van der Waals surface area contributed by atoms with Crippen LogP contribution >= 0.6 is 15.9 Å². The second-order valence-electron chi connectivity index (χ2n) is 3.38. The second kappa shape index (κ2) is 5.59. The largest absolute Gasteiger partial charge is 0.268 e. The van der Waals surface area contributed by atoms with Gasteiger partial charge in [-0.2, -0.15) is 0 Å². The van der Waals surface area contributed by atoms with Crippen molar-refractivity contribution in [3.8, 4) is 0 Å². The van der Waals surface area contributed by atoms with Crippen molar-refractivity contribution in [2.45, 2.75) is 13.3 Å². The number of hydrogen-bond donors (Lipinski definition) is 1. The zero-order valence-corrected chi connectivity index (χ0v) is 11.4. The molecule has 0 aliphatic carbocycles. The van der Waals surface area contributed by atoms with E-state index >= 15 is 0 Å². The monoisotopic (exact) mass is 323 g/mol. The number of sulfonamides is 1. The summed E-state index contributed by atoms with van der Waals surface area (Å²) >= 11 is 2.92. The van der Waals surface area contributed by atoms with Crippen LogP contribution in [0.1, 0.15) is 23.7 Å². The van der Waals surface area contributed by atoms with Gasteiger partial charge >= 0.3 is 0 Å². The highest BCUT2D eigenvalue weighted by Crippen LogP contribution is 2.16. The van der Waals surface area contributed by atoms with Gasteiger partial charge in [-0.1, -0.05) is 6.92 Å². The van der Waals surface area contributed by atoms with Gasteiger partial charge in [0.2, 0.25) is 10.0 Å². The predicted octanol–water partition coefficient (Wildman–Crippen LogP) is 2.06. The fourth-order valence-electron chi connectivity index (χ4n) is 1.16. The summed E-state index contributed by atoms with van der Waals surface area (Å²) in [6, 6.07) is 3.54. The number of hydrogen-bond acceptors (Lipinski definition) is 3. The van der Waals surface area contributed by atoms with E-state index in [0.29, 0.717) is 6.42 Å². The normalized spacial score (nSPS) is 11.2. The van der Waals surface area contributed by atoms with E-state index in [2.05, 4.69) is 15.9 Å². The fourth-order valence-corrected chi connectivity index (χ4v) is 2.58. The standard InChI is InChI=1S/C10H11BrFNO3S/c1-2-5-17(15,16)13-10(14)7-3-4-9(12)8(11)6-7/h3-4,6H,2,5H2,1H3,(H,13,14). The van der Waals surface area contributed by atoms with Gasteiger partial charge in [0.05, 0.1) is 10.2 Å². The van der Waals surface area contributed by atoms with E-state index in [0.717, 1.165) is 6.07 Å². The molecule has 1 N–H and O–H groups in total. The Bertz CT molecular complexity index is 530. The summed E-state index contributed by atoms with van der Waals surface area (Å²) < 4.78 is 37.6. The summed E-state index contributed by atoms with van der Waals surface area (Å²) in [7, 11) is -3.61. The third kappa shape index (κ3) is 4.08. The Labute approximate surface area is 107 Å². The molecule has 0 saturated carbocycles. The minimum absolute atomic E-state index is 0.0814. The first-order valence-electron chi connectivity index (χ1n) is 4.85. The lowest BCUT2D eigenvalue weighted by Gasteiger charge is -2.06. The maximum Gasteiger partial charge on any atom is 0.264 e. The Hall–Kier alpha value is -0.950. The lowest BCUT2D eigenvalue weighted by atomic mass is 10.2. The minimum atomic E-state index is -3.61. The Morgan fingerprint density at radius 2 is 2.12 bits per heavy atom. The zero-order chi connectivity index (χ0) is 13.1. The van der Waals surface area contributed by atoms with Crippen molar-refractivity contribution in [1.29, 1.82) is 0 Å². The summed E-state index contributed by atoms with van der Waals surface area (Å²) in [5.74, 6) is -1.40. The van der Waals surface area contributed by atoms with Crippen LogP contribution in [0.3, 0.4) is 0 Å². The molecule has 0 aliphatic heterocycles. The maximum absolute atomic E-state index is 12.9. The predicted molar refractivity (Wildman–Crippen MR) is 65.6 cm³/mol. The van der Waals surface area contributed by atoms with Crippen molar-refractivity contribution in [2.24, 2.45) is 0 Å². The van der Waals surface area contributed by atoms with E-state index in [9.17, 15) is 17.6 Å². The average molecular weight is 324 g/mol. The molecule has 0 unspecified atom stereocenters. The molecule has 0 aliphatic rings. The highest BCUT2D eigenvalue weighted by Gasteiger charge is 2.15. The Kier molecular flexibility index (Phi) is 4.64. The Morgan fingerprint density at radius 3 is 2.65 bits per heavy atom. The van der Waals surface area contributed by atoms with Crippen LogP contribution in [0.5, 0.6) is 0 Å². The van der Waals surface area contributed by atoms with Gasteiger partial charge in [-0.3, -0.25) is 4.79 Å². The molecule has 7 heteroatoms. The van der Waals surface area contributed by atoms with Crippen LogP contribution in [-0.4, -0.2) is 20.1 Å². The Morgan fingerprint density at radius 1 is 1.47 bits per heavy atom. The molecule has 0 aromatic heterocycles. The van der Waals surface area contributed by atoms with Crippen LogP contribution in [0.4, 0.5) is 4.39 Å². The van der Waals surface area contributed by atoms with Crippen LogP contribution in [0, 0.1) is 5.82 Å². The van der Waals surface area contributed by atoms with Crippen LogP contribution < -0.4 is 4.72 Å². The van der Waals surface area contributed by atoms with Gasteiger partial charge in [0.1, 0.15) is 5.82 Å². The molecule has 1 amide bonds. The van der Waals surface area contributed by atoms with E-state index in [1.165, 1.54) is 12.1 Å².